The van der Waals surface area contributed by atoms with Gasteiger partial charge in [-0.2, -0.15) is 0 Å². The molecule has 0 heterocycles. The fourth-order valence-corrected chi connectivity index (χ4v) is 2.86. The molecule has 0 saturated heterocycles. The summed E-state index contributed by atoms with van der Waals surface area (Å²) >= 11 is 0. The number of guanidine groups is 1. The van der Waals surface area contributed by atoms with Crippen LogP contribution in [0.25, 0.3) is 0 Å². The summed E-state index contributed by atoms with van der Waals surface area (Å²) in [7, 11) is 5.12. The first-order valence-electron chi connectivity index (χ1n) is 10.5. The van der Waals surface area contributed by atoms with Crippen molar-refractivity contribution in [1.29, 1.82) is 0 Å². The second kappa shape index (κ2) is 14.3. The van der Waals surface area contributed by atoms with Crippen LogP contribution in [0.15, 0.2) is 47.5 Å². The zero-order valence-electron chi connectivity index (χ0n) is 19.1. The Morgan fingerprint density at radius 2 is 1.58 bits per heavy atom. The smallest absolute Gasteiger partial charge is 0.191 e. The van der Waals surface area contributed by atoms with Gasteiger partial charge in [-0.05, 0) is 36.2 Å². The van der Waals surface area contributed by atoms with Crippen LogP contribution in [0.2, 0.25) is 0 Å². The number of aryl methyl sites for hydroxylation is 1. The number of rotatable bonds is 13. The SMILES string of the molecule is CN=C(NCc1ccc(OCCOC)cc1)NCc1ccc(C)cc1OCCCOC. The molecule has 0 fully saturated rings. The highest BCUT2D eigenvalue weighted by atomic mass is 16.5. The highest BCUT2D eigenvalue weighted by molar-refractivity contribution is 5.79. The number of ether oxygens (including phenoxy) is 4. The van der Waals surface area contributed by atoms with Crippen molar-refractivity contribution in [2.75, 3.05) is 47.7 Å². The van der Waals surface area contributed by atoms with E-state index in [0.717, 1.165) is 35.0 Å². The average molecular weight is 430 g/mol. The first-order chi connectivity index (χ1) is 15.2. The van der Waals surface area contributed by atoms with E-state index < -0.39 is 0 Å². The third-order valence-corrected chi connectivity index (χ3v) is 4.58. The van der Waals surface area contributed by atoms with Crippen molar-refractivity contribution in [3.63, 3.8) is 0 Å². The predicted octanol–water partition coefficient (Wildman–Crippen LogP) is 3.30. The molecule has 0 saturated carbocycles. The van der Waals surface area contributed by atoms with E-state index in [0.29, 0.717) is 39.5 Å². The molecule has 0 aliphatic rings. The molecule has 0 aliphatic heterocycles. The Kier molecular flexibility index (Phi) is 11.3. The van der Waals surface area contributed by atoms with E-state index >= 15 is 0 Å². The Hall–Kier alpha value is -2.77. The second-order valence-electron chi connectivity index (χ2n) is 7.07. The molecule has 0 amide bonds. The van der Waals surface area contributed by atoms with Crippen molar-refractivity contribution in [3.05, 3.63) is 59.2 Å². The number of nitrogens with zero attached hydrogens (tertiary/aromatic N) is 1. The molecule has 170 valence electrons. The number of hydrogen-bond acceptors (Lipinski definition) is 5. The van der Waals surface area contributed by atoms with Crippen LogP contribution < -0.4 is 20.1 Å². The van der Waals surface area contributed by atoms with Gasteiger partial charge in [0.15, 0.2) is 5.96 Å². The molecule has 0 unspecified atom stereocenters. The summed E-state index contributed by atoms with van der Waals surface area (Å²) in [5.41, 5.74) is 3.39. The molecule has 0 atom stereocenters. The fraction of sp³-hybridized carbons (Fsp3) is 0.458. The Morgan fingerprint density at radius 1 is 0.839 bits per heavy atom. The lowest BCUT2D eigenvalue weighted by Crippen LogP contribution is -2.36. The highest BCUT2D eigenvalue weighted by Crippen LogP contribution is 2.20. The van der Waals surface area contributed by atoms with E-state index in [-0.39, 0.29) is 0 Å². The van der Waals surface area contributed by atoms with E-state index in [1.54, 1.807) is 21.3 Å². The topological polar surface area (TPSA) is 73.3 Å². The Labute approximate surface area is 185 Å². The standard InChI is InChI=1S/C24H35N3O4/c1-19-6-9-21(23(16-19)31-13-5-12-28-3)18-27-24(25-2)26-17-20-7-10-22(11-8-20)30-15-14-29-4/h6-11,16H,5,12-15,17-18H2,1-4H3,(H2,25,26,27). The van der Waals surface area contributed by atoms with Gasteiger partial charge >= 0.3 is 0 Å². The Balaban J connectivity index is 1.84. The third-order valence-electron chi connectivity index (χ3n) is 4.58. The van der Waals surface area contributed by atoms with Crippen LogP contribution in [-0.2, 0) is 22.6 Å². The largest absolute Gasteiger partial charge is 0.493 e. The van der Waals surface area contributed by atoms with Gasteiger partial charge in [-0.1, -0.05) is 24.3 Å². The maximum absolute atomic E-state index is 5.96. The predicted molar refractivity (Wildman–Crippen MR) is 124 cm³/mol. The van der Waals surface area contributed by atoms with Crippen LogP contribution in [0.3, 0.4) is 0 Å². The van der Waals surface area contributed by atoms with Gasteiger partial charge in [0.1, 0.15) is 18.1 Å². The Bertz CT molecular complexity index is 794. The van der Waals surface area contributed by atoms with E-state index in [4.69, 9.17) is 18.9 Å². The van der Waals surface area contributed by atoms with Crippen LogP contribution in [0.5, 0.6) is 11.5 Å². The van der Waals surface area contributed by atoms with Crippen molar-refractivity contribution in [2.45, 2.75) is 26.4 Å². The summed E-state index contributed by atoms with van der Waals surface area (Å²) in [5, 5.41) is 6.70. The van der Waals surface area contributed by atoms with E-state index in [1.807, 2.05) is 24.3 Å². The van der Waals surface area contributed by atoms with Crippen molar-refractivity contribution >= 4 is 5.96 Å². The molecule has 0 bridgehead atoms. The summed E-state index contributed by atoms with van der Waals surface area (Å²) in [6, 6.07) is 14.2. The molecular formula is C24H35N3O4. The van der Waals surface area contributed by atoms with Gasteiger partial charge in [0.05, 0.1) is 13.2 Å². The minimum atomic E-state index is 0.543. The monoisotopic (exact) mass is 429 g/mol. The van der Waals surface area contributed by atoms with Crippen LogP contribution in [0.4, 0.5) is 0 Å². The van der Waals surface area contributed by atoms with Crippen molar-refractivity contribution in [3.8, 4) is 11.5 Å². The van der Waals surface area contributed by atoms with Gasteiger partial charge in [-0.3, -0.25) is 4.99 Å². The summed E-state index contributed by atoms with van der Waals surface area (Å²) in [5.74, 6) is 2.45. The maximum atomic E-state index is 5.96. The first kappa shape index (κ1) is 24.5. The van der Waals surface area contributed by atoms with Crippen molar-refractivity contribution < 1.29 is 18.9 Å². The number of hydrogen-bond donors (Lipinski definition) is 2. The normalized spacial score (nSPS) is 11.3. The van der Waals surface area contributed by atoms with Gasteiger partial charge in [-0.15, -0.1) is 0 Å². The maximum Gasteiger partial charge on any atom is 0.191 e. The molecule has 0 aliphatic carbocycles. The van der Waals surface area contributed by atoms with Gasteiger partial charge < -0.3 is 29.6 Å². The van der Waals surface area contributed by atoms with Gasteiger partial charge in [-0.25, -0.2) is 0 Å². The van der Waals surface area contributed by atoms with Crippen LogP contribution in [-0.4, -0.2) is 53.7 Å². The molecule has 0 radical (unpaired) electrons. The number of methoxy groups -OCH3 is 2. The molecule has 0 spiro atoms. The summed E-state index contributed by atoms with van der Waals surface area (Å²) < 4.78 is 21.6. The Morgan fingerprint density at radius 3 is 2.29 bits per heavy atom. The molecular weight excluding hydrogens is 394 g/mol. The van der Waals surface area contributed by atoms with Crippen LogP contribution >= 0.6 is 0 Å². The lowest BCUT2D eigenvalue weighted by Gasteiger charge is -2.16. The molecule has 2 aromatic carbocycles. The lowest BCUT2D eigenvalue weighted by molar-refractivity contribution is 0.146. The van der Waals surface area contributed by atoms with E-state index in [2.05, 4.69) is 40.7 Å². The van der Waals surface area contributed by atoms with Crippen LogP contribution in [0, 0.1) is 6.92 Å². The zero-order chi connectivity index (χ0) is 22.3. The first-order valence-corrected chi connectivity index (χ1v) is 10.5. The summed E-state index contributed by atoms with van der Waals surface area (Å²) in [4.78, 5) is 4.32. The molecule has 2 aromatic rings. The minimum Gasteiger partial charge on any atom is -0.493 e. The zero-order valence-corrected chi connectivity index (χ0v) is 19.1. The minimum absolute atomic E-state index is 0.543. The molecule has 7 nitrogen and oxygen atoms in total. The molecule has 2 rings (SSSR count). The molecule has 0 aromatic heterocycles. The number of aliphatic imine (C=N–C) groups is 1. The van der Waals surface area contributed by atoms with E-state index in [9.17, 15) is 0 Å². The van der Waals surface area contributed by atoms with Crippen molar-refractivity contribution in [1.82, 2.24) is 10.6 Å². The second-order valence-corrected chi connectivity index (χ2v) is 7.07. The summed E-state index contributed by atoms with van der Waals surface area (Å²) in [6.45, 7) is 5.78. The quantitative estimate of drug-likeness (QED) is 0.289. The highest BCUT2D eigenvalue weighted by Gasteiger charge is 2.06. The summed E-state index contributed by atoms with van der Waals surface area (Å²) in [6.07, 6.45) is 0.858. The number of benzene rings is 2. The lowest BCUT2D eigenvalue weighted by atomic mass is 10.1. The third kappa shape index (κ3) is 9.27. The van der Waals surface area contributed by atoms with Crippen molar-refractivity contribution in [2.24, 2.45) is 4.99 Å². The van der Waals surface area contributed by atoms with E-state index in [1.165, 1.54) is 5.56 Å². The molecule has 7 heteroatoms. The van der Waals surface area contributed by atoms with Gasteiger partial charge in [0.25, 0.3) is 0 Å². The molecule has 31 heavy (non-hydrogen) atoms. The van der Waals surface area contributed by atoms with Gasteiger partial charge in [0.2, 0.25) is 0 Å². The average Bonchev–Trinajstić information content (AvgIpc) is 2.79. The van der Waals surface area contributed by atoms with Crippen LogP contribution in [0.1, 0.15) is 23.1 Å². The number of nitrogens with one attached hydrogen (secondary N) is 2. The fourth-order valence-electron chi connectivity index (χ4n) is 2.86. The van der Waals surface area contributed by atoms with Gasteiger partial charge in [0, 0.05) is 52.9 Å². The molecule has 2 N–H and O–H groups in total.